The summed E-state index contributed by atoms with van der Waals surface area (Å²) in [6.45, 7) is 0. The van der Waals surface area contributed by atoms with E-state index in [1.165, 1.54) is 12.1 Å². The standard InChI is InChI=1S/C17H10Cl3F3N2O2/c18-11-6-10(7-12(19)14(11)20)16(17(21,22)23)8-13(25-27-16)24-15(26)9-4-2-1-3-5-9/h1-7H,8H2,(H,24,25,26). The first-order chi connectivity index (χ1) is 12.6. The largest absolute Gasteiger partial charge is 0.435 e. The van der Waals surface area contributed by atoms with Crippen molar-refractivity contribution in [3.05, 3.63) is 68.7 Å². The Labute approximate surface area is 166 Å². The van der Waals surface area contributed by atoms with Gasteiger partial charge in [-0.05, 0) is 24.3 Å². The molecule has 2 aromatic carbocycles. The molecule has 2 aromatic rings. The van der Waals surface area contributed by atoms with Crippen LogP contribution >= 0.6 is 34.8 Å². The maximum absolute atomic E-state index is 13.9. The van der Waals surface area contributed by atoms with Crippen LogP contribution in [0.1, 0.15) is 22.3 Å². The molecule has 0 bridgehead atoms. The first-order valence-corrected chi connectivity index (χ1v) is 8.60. The second kappa shape index (κ2) is 7.22. The van der Waals surface area contributed by atoms with Gasteiger partial charge in [0.05, 0.1) is 21.5 Å². The van der Waals surface area contributed by atoms with E-state index in [2.05, 4.69) is 10.5 Å². The SMILES string of the molecule is O=C(NC1=NOC(c2cc(Cl)c(Cl)c(Cl)c2)(C(F)(F)F)C1)c1ccccc1. The van der Waals surface area contributed by atoms with Crippen molar-refractivity contribution in [2.75, 3.05) is 0 Å². The third-order valence-electron chi connectivity index (χ3n) is 3.93. The molecule has 3 rings (SSSR count). The predicted octanol–water partition coefficient (Wildman–Crippen LogP) is 5.57. The topological polar surface area (TPSA) is 50.7 Å². The van der Waals surface area contributed by atoms with Crippen molar-refractivity contribution in [3.63, 3.8) is 0 Å². The first-order valence-electron chi connectivity index (χ1n) is 7.47. The van der Waals surface area contributed by atoms with E-state index >= 15 is 0 Å². The summed E-state index contributed by atoms with van der Waals surface area (Å²) in [5, 5.41) is 5.36. The molecule has 1 aliphatic heterocycles. The Morgan fingerprint density at radius 2 is 1.70 bits per heavy atom. The van der Waals surface area contributed by atoms with Gasteiger partial charge >= 0.3 is 6.18 Å². The van der Waals surface area contributed by atoms with E-state index in [9.17, 15) is 18.0 Å². The molecule has 0 saturated heterocycles. The smallest absolute Gasteiger partial charge is 0.372 e. The van der Waals surface area contributed by atoms with Gasteiger partial charge in [0.15, 0.2) is 5.84 Å². The van der Waals surface area contributed by atoms with Crippen LogP contribution in [0.3, 0.4) is 0 Å². The Balaban J connectivity index is 1.90. The third-order valence-corrected chi connectivity index (χ3v) is 5.13. The van der Waals surface area contributed by atoms with Crippen molar-refractivity contribution in [1.82, 2.24) is 5.32 Å². The Bertz CT molecular complexity index is 896. The van der Waals surface area contributed by atoms with Crippen molar-refractivity contribution in [2.24, 2.45) is 5.16 Å². The summed E-state index contributed by atoms with van der Waals surface area (Å²) in [6.07, 6.45) is -5.63. The molecular formula is C17H10Cl3F3N2O2. The lowest BCUT2D eigenvalue weighted by molar-refractivity contribution is -0.275. The molecular weight excluding hydrogens is 428 g/mol. The molecule has 10 heteroatoms. The number of nitrogens with zero attached hydrogens (tertiary/aromatic N) is 1. The van der Waals surface area contributed by atoms with Gasteiger partial charge in [-0.25, -0.2) is 0 Å². The molecule has 27 heavy (non-hydrogen) atoms. The summed E-state index contributed by atoms with van der Waals surface area (Å²) < 4.78 is 41.6. The van der Waals surface area contributed by atoms with Crippen molar-refractivity contribution >= 4 is 46.5 Å². The quantitative estimate of drug-likeness (QED) is 0.625. The lowest BCUT2D eigenvalue weighted by atomic mass is 9.89. The second-order valence-electron chi connectivity index (χ2n) is 5.70. The summed E-state index contributed by atoms with van der Waals surface area (Å²) >= 11 is 17.5. The average Bonchev–Trinajstić information content (AvgIpc) is 3.05. The summed E-state index contributed by atoms with van der Waals surface area (Å²) in [5.41, 5.74) is -2.95. The number of alkyl halides is 3. The minimum absolute atomic E-state index is 0.0732. The summed E-state index contributed by atoms with van der Waals surface area (Å²) in [4.78, 5) is 16.9. The molecule has 0 aromatic heterocycles. The molecule has 1 unspecified atom stereocenters. The van der Waals surface area contributed by atoms with Gasteiger partial charge in [0.2, 0.25) is 0 Å². The summed E-state index contributed by atoms with van der Waals surface area (Å²) in [7, 11) is 0. The maximum Gasteiger partial charge on any atom is 0.435 e. The lowest BCUT2D eigenvalue weighted by Crippen LogP contribution is -2.44. The van der Waals surface area contributed by atoms with Crippen LogP contribution in [0.5, 0.6) is 0 Å². The molecule has 1 atom stereocenters. The Hall–Kier alpha value is -1.96. The molecule has 0 spiro atoms. The van der Waals surface area contributed by atoms with Gasteiger partial charge in [-0.15, -0.1) is 0 Å². The molecule has 142 valence electrons. The average molecular weight is 438 g/mol. The van der Waals surface area contributed by atoms with Crippen LogP contribution in [0.2, 0.25) is 15.1 Å². The first kappa shape index (κ1) is 19.8. The minimum atomic E-state index is -4.86. The monoisotopic (exact) mass is 436 g/mol. The highest BCUT2D eigenvalue weighted by Crippen LogP contribution is 2.49. The van der Waals surface area contributed by atoms with Gasteiger partial charge < -0.3 is 10.2 Å². The van der Waals surface area contributed by atoms with Crippen LogP contribution in [-0.2, 0) is 10.4 Å². The van der Waals surface area contributed by atoms with Gasteiger partial charge in [-0.2, -0.15) is 13.2 Å². The number of amides is 1. The number of nitrogens with one attached hydrogen (secondary N) is 1. The Kier molecular flexibility index (Phi) is 5.29. The molecule has 1 amide bonds. The fourth-order valence-electron chi connectivity index (χ4n) is 2.55. The summed E-state index contributed by atoms with van der Waals surface area (Å²) in [6, 6.07) is 10.0. The highest BCUT2D eigenvalue weighted by atomic mass is 35.5. The number of halogens is 6. The van der Waals surface area contributed by atoms with Crippen LogP contribution in [-0.4, -0.2) is 17.9 Å². The van der Waals surface area contributed by atoms with E-state index in [4.69, 9.17) is 39.6 Å². The molecule has 0 saturated carbocycles. The molecule has 1 heterocycles. The minimum Gasteiger partial charge on any atom is -0.372 e. The van der Waals surface area contributed by atoms with Crippen LogP contribution in [0, 0.1) is 0 Å². The Morgan fingerprint density at radius 3 is 2.26 bits per heavy atom. The molecule has 0 fully saturated rings. The van der Waals surface area contributed by atoms with E-state index in [0.717, 1.165) is 12.1 Å². The van der Waals surface area contributed by atoms with Crippen LogP contribution in [0.15, 0.2) is 47.6 Å². The van der Waals surface area contributed by atoms with Gasteiger partial charge in [0, 0.05) is 11.1 Å². The second-order valence-corrected chi connectivity index (χ2v) is 6.90. The van der Waals surface area contributed by atoms with E-state index in [1.807, 2.05) is 0 Å². The fraction of sp³-hybridized carbons (Fsp3) is 0.176. The van der Waals surface area contributed by atoms with Gasteiger partial charge in [-0.3, -0.25) is 4.79 Å². The van der Waals surface area contributed by atoms with E-state index in [0.29, 0.717) is 0 Å². The van der Waals surface area contributed by atoms with Crippen LogP contribution < -0.4 is 5.32 Å². The highest BCUT2D eigenvalue weighted by molar-refractivity contribution is 6.48. The van der Waals surface area contributed by atoms with E-state index in [-0.39, 0.29) is 32.0 Å². The lowest BCUT2D eigenvalue weighted by Gasteiger charge is -2.29. The van der Waals surface area contributed by atoms with Crippen molar-refractivity contribution in [3.8, 4) is 0 Å². The zero-order chi connectivity index (χ0) is 19.8. The number of oxime groups is 1. The number of hydrogen-bond donors (Lipinski definition) is 1. The zero-order valence-electron chi connectivity index (χ0n) is 13.3. The number of carbonyl (C=O) groups is 1. The molecule has 0 radical (unpaired) electrons. The zero-order valence-corrected chi connectivity index (χ0v) is 15.5. The molecule has 1 aliphatic rings. The molecule has 0 aliphatic carbocycles. The number of rotatable bonds is 2. The molecule has 4 nitrogen and oxygen atoms in total. The van der Waals surface area contributed by atoms with Crippen molar-refractivity contribution < 1.29 is 22.8 Å². The van der Waals surface area contributed by atoms with E-state index in [1.54, 1.807) is 18.2 Å². The predicted molar refractivity (Wildman–Crippen MR) is 96.3 cm³/mol. The summed E-state index contributed by atoms with van der Waals surface area (Å²) in [5.74, 6) is -0.883. The van der Waals surface area contributed by atoms with Crippen LogP contribution in [0.4, 0.5) is 13.2 Å². The third kappa shape index (κ3) is 3.72. The van der Waals surface area contributed by atoms with Crippen molar-refractivity contribution in [2.45, 2.75) is 18.2 Å². The highest BCUT2D eigenvalue weighted by Gasteiger charge is 2.62. The van der Waals surface area contributed by atoms with E-state index < -0.39 is 24.1 Å². The van der Waals surface area contributed by atoms with Crippen LogP contribution in [0.25, 0.3) is 0 Å². The fourth-order valence-corrected chi connectivity index (χ4v) is 3.15. The number of carbonyl (C=O) groups excluding carboxylic acids is 1. The van der Waals surface area contributed by atoms with Gasteiger partial charge in [-0.1, -0.05) is 58.2 Å². The number of amidine groups is 1. The molecule has 1 N–H and O–H groups in total. The van der Waals surface area contributed by atoms with Gasteiger partial charge in [0.1, 0.15) is 0 Å². The normalized spacial score (nSPS) is 19.4. The number of hydrogen-bond acceptors (Lipinski definition) is 3. The van der Waals surface area contributed by atoms with Crippen molar-refractivity contribution in [1.29, 1.82) is 0 Å². The number of benzene rings is 2. The van der Waals surface area contributed by atoms with Gasteiger partial charge in [0.25, 0.3) is 11.5 Å². The Morgan fingerprint density at radius 1 is 1.11 bits per heavy atom. The maximum atomic E-state index is 13.9.